The molecule has 0 aliphatic heterocycles. The molecule has 1 heterocycles. The zero-order valence-electron chi connectivity index (χ0n) is 12.3. The van der Waals surface area contributed by atoms with E-state index in [1.807, 2.05) is 0 Å². The van der Waals surface area contributed by atoms with E-state index in [0.29, 0.717) is 17.9 Å². The number of hydrazine groups is 1. The summed E-state index contributed by atoms with van der Waals surface area (Å²) in [5, 5.41) is 0. The molecular formula is C14H25N5. The molecule has 0 aromatic carbocycles. The first kappa shape index (κ1) is 14.1. The lowest BCUT2D eigenvalue weighted by atomic mass is 10.0. The smallest absolute Gasteiger partial charge is 0.148 e. The van der Waals surface area contributed by atoms with Gasteiger partial charge in [-0.05, 0) is 24.7 Å². The van der Waals surface area contributed by atoms with Crippen LogP contribution in [0.4, 0.5) is 11.6 Å². The van der Waals surface area contributed by atoms with Gasteiger partial charge in [0.1, 0.15) is 18.0 Å². The summed E-state index contributed by atoms with van der Waals surface area (Å²) in [7, 11) is 0. The maximum Gasteiger partial charge on any atom is 0.148 e. The standard InChI is InChI=1S/C14H25N5/c1-9(2)7-19(11-5-6-11)14-12(10(3)4)13(18-15)16-8-17-14/h8-11H,5-7,15H2,1-4H3,(H,16,17,18). The highest BCUT2D eigenvalue weighted by atomic mass is 15.3. The summed E-state index contributed by atoms with van der Waals surface area (Å²) in [6.07, 6.45) is 4.13. The third-order valence-corrected chi connectivity index (χ3v) is 3.40. The summed E-state index contributed by atoms with van der Waals surface area (Å²) in [4.78, 5) is 11.2. The molecular weight excluding hydrogens is 238 g/mol. The zero-order chi connectivity index (χ0) is 14.0. The molecule has 0 amide bonds. The second-order valence-corrected chi connectivity index (χ2v) is 6.04. The molecule has 0 spiro atoms. The Morgan fingerprint density at radius 3 is 2.47 bits per heavy atom. The average molecular weight is 263 g/mol. The Kier molecular flexibility index (Phi) is 4.24. The van der Waals surface area contributed by atoms with Crippen molar-refractivity contribution in [1.82, 2.24) is 9.97 Å². The van der Waals surface area contributed by atoms with Crippen molar-refractivity contribution >= 4 is 11.6 Å². The molecule has 0 atom stereocenters. The number of nitrogens with zero attached hydrogens (tertiary/aromatic N) is 3. The molecule has 1 saturated carbocycles. The molecule has 0 radical (unpaired) electrons. The fraction of sp³-hybridized carbons (Fsp3) is 0.714. The van der Waals surface area contributed by atoms with Gasteiger partial charge in [-0.3, -0.25) is 0 Å². The zero-order valence-corrected chi connectivity index (χ0v) is 12.3. The monoisotopic (exact) mass is 263 g/mol. The van der Waals surface area contributed by atoms with Crippen LogP contribution in [0.1, 0.15) is 52.0 Å². The first-order valence-electron chi connectivity index (χ1n) is 7.12. The Morgan fingerprint density at radius 1 is 1.32 bits per heavy atom. The van der Waals surface area contributed by atoms with Crippen LogP contribution in [0.25, 0.3) is 0 Å². The van der Waals surface area contributed by atoms with Crippen molar-refractivity contribution in [1.29, 1.82) is 0 Å². The predicted octanol–water partition coefficient (Wildman–Crippen LogP) is 2.51. The molecule has 1 fully saturated rings. The molecule has 3 N–H and O–H groups in total. The van der Waals surface area contributed by atoms with Crippen molar-refractivity contribution in [2.45, 2.75) is 52.5 Å². The Bertz CT molecular complexity index is 426. The van der Waals surface area contributed by atoms with Crippen molar-refractivity contribution in [2.75, 3.05) is 16.9 Å². The SMILES string of the molecule is CC(C)CN(c1ncnc(NN)c1C(C)C)C1CC1. The van der Waals surface area contributed by atoms with E-state index in [1.165, 1.54) is 12.8 Å². The highest BCUT2D eigenvalue weighted by Gasteiger charge is 2.32. The van der Waals surface area contributed by atoms with Gasteiger partial charge in [0.15, 0.2) is 0 Å². The van der Waals surface area contributed by atoms with Crippen LogP contribution in [0.5, 0.6) is 0 Å². The van der Waals surface area contributed by atoms with Crippen molar-refractivity contribution in [3.63, 3.8) is 0 Å². The van der Waals surface area contributed by atoms with Gasteiger partial charge in [0, 0.05) is 18.2 Å². The summed E-state index contributed by atoms with van der Waals surface area (Å²) < 4.78 is 0. The molecule has 1 aliphatic rings. The van der Waals surface area contributed by atoms with Crippen LogP contribution in [0.3, 0.4) is 0 Å². The van der Waals surface area contributed by atoms with Crippen molar-refractivity contribution in [3.8, 4) is 0 Å². The Labute approximate surface area is 115 Å². The fourth-order valence-corrected chi connectivity index (χ4v) is 2.45. The van der Waals surface area contributed by atoms with E-state index >= 15 is 0 Å². The second-order valence-electron chi connectivity index (χ2n) is 6.04. The lowest BCUT2D eigenvalue weighted by Crippen LogP contribution is -2.32. The van der Waals surface area contributed by atoms with Crippen LogP contribution in [0, 0.1) is 5.92 Å². The van der Waals surface area contributed by atoms with Crippen molar-refractivity contribution < 1.29 is 0 Å². The highest BCUT2D eigenvalue weighted by molar-refractivity contribution is 5.60. The van der Waals surface area contributed by atoms with Crippen LogP contribution < -0.4 is 16.2 Å². The van der Waals surface area contributed by atoms with Crippen LogP contribution >= 0.6 is 0 Å². The summed E-state index contributed by atoms with van der Waals surface area (Å²) in [5.41, 5.74) is 3.83. The Morgan fingerprint density at radius 2 is 2.00 bits per heavy atom. The van der Waals surface area contributed by atoms with Crippen LogP contribution in [0.2, 0.25) is 0 Å². The molecule has 1 aliphatic carbocycles. The Hall–Kier alpha value is -1.36. The first-order chi connectivity index (χ1) is 9.04. The minimum absolute atomic E-state index is 0.343. The van der Waals surface area contributed by atoms with Gasteiger partial charge in [0.05, 0.1) is 0 Å². The van der Waals surface area contributed by atoms with Gasteiger partial charge in [-0.1, -0.05) is 27.7 Å². The largest absolute Gasteiger partial charge is 0.353 e. The third-order valence-electron chi connectivity index (χ3n) is 3.40. The average Bonchev–Trinajstić information content (AvgIpc) is 3.18. The number of aromatic nitrogens is 2. The lowest BCUT2D eigenvalue weighted by Gasteiger charge is -2.29. The maximum atomic E-state index is 5.59. The molecule has 0 unspecified atom stereocenters. The van der Waals surface area contributed by atoms with E-state index in [1.54, 1.807) is 6.33 Å². The topological polar surface area (TPSA) is 67.1 Å². The number of hydrogen-bond donors (Lipinski definition) is 2. The fourth-order valence-electron chi connectivity index (χ4n) is 2.45. The number of nitrogens with two attached hydrogens (primary N) is 1. The normalized spacial score (nSPS) is 15.1. The highest BCUT2D eigenvalue weighted by Crippen LogP contribution is 2.37. The number of rotatable bonds is 6. The minimum atomic E-state index is 0.343. The minimum Gasteiger partial charge on any atom is -0.353 e. The van der Waals surface area contributed by atoms with Gasteiger partial charge < -0.3 is 10.3 Å². The van der Waals surface area contributed by atoms with E-state index in [9.17, 15) is 0 Å². The molecule has 5 heteroatoms. The van der Waals surface area contributed by atoms with E-state index in [2.05, 4.69) is 48.0 Å². The van der Waals surface area contributed by atoms with E-state index in [-0.39, 0.29) is 0 Å². The third kappa shape index (κ3) is 3.15. The van der Waals surface area contributed by atoms with E-state index < -0.39 is 0 Å². The van der Waals surface area contributed by atoms with Gasteiger partial charge in [-0.2, -0.15) is 0 Å². The number of hydrogen-bond acceptors (Lipinski definition) is 5. The van der Waals surface area contributed by atoms with Gasteiger partial charge in [-0.15, -0.1) is 0 Å². The quantitative estimate of drug-likeness (QED) is 0.610. The number of nitrogens with one attached hydrogen (secondary N) is 1. The molecule has 1 aromatic heterocycles. The van der Waals surface area contributed by atoms with Gasteiger partial charge >= 0.3 is 0 Å². The molecule has 5 nitrogen and oxygen atoms in total. The number of nitrogen functional groups attached to an aromatic ring is 1. The van der Waals surface area contributed by atoms with Crippen LogP contribution in [-0.2, 0) is 0 Å². The molecule has 1 aromatic rings. The lowest BCUT2D eigenvalue weighted by molar-refractivity contribution is 0.598. The predicted molar refractivity (Wildman–Crippen MR) is 79.1 cm³/mol. The van der Waals surface area contributed by atoms with E-state index in [0.717, 1.165) is 23.7 Å². The van der Waals surface area contributed by atoms with Crippen LogP contribution in [-0.4, -0.2) is 22.6 Å². The molecule has 2 rings (SSSR count). The number of anilines is 2. The van der Waals surface area contributed by atoms with Crippen molar-refractivity contribution in [2.24, 2.45) is 11.8 Å². The summed E-state index contributed by atoms with van der Waals surface area (Å²) >= 11 is 0. The van der Waals surface area contributed by atoms with Crippen LogP contribution in [0.15, 0.2) is 6.33 Å². The van der Waals surface area contributed by atoms with Gasteiger partial charge in [-0.25, -0.2) is 15.8 Å². The summed E-state index contributed by atoms with van der Waals surface area (Å²) in [6, 6.07) is 0.639. The van der Waals surface area contributed by atoms with Crippen molar-refractivity contribution in [3.05, 3.63) is 11.9 Å². The molecule has 0 bridgehead atoms. The molecule has 19 heavy (non-hydrogen) atoms. The Balaban J connectivity index is 2.40. The summed E-state index contributed by atoms with van der Waals surface area (Å²) in [5.74, 6) is 8.35. The first-order valence-corrected chi connectivity index (χ1v) is 7.12. The van der Waals surface area contributed by atoms with E-state index in [4.69, 9.17) is 5.84 Å². The molecule has 106 valence electrons. The second kappa shape index (κ2) is 5.74. The molecule has 0 saturated heterocycles. The maximum absolute atomic E-state index is 5.59. The summed E-state index contributed by atoms with van der Waals surface area (Å²) in [6.45, 7) is 9.83. The van der Waals surface area contributed by atoms with Gasteiger partial charge in [0.25, 0.3) is 0 Å². The van der Waals surface area contributed by atoms with Gasteiger partial charge in [0.2, 0.25) is 0 Å².